The number of rotatable bonds is 3. The fraction of sp³-hybridized carbons (Fsp3) is 0.182. The van der Waals surface area contributed by atoms with E-state index in [0.717, 1.165) is 11.3 Å². The minimum absolute atomic E-state index is 0.436. The van der Waals surface area contributed by atoms with Gasteiger partial charge >= 0.3 is 0 Å². The van der Waals surface area contributed by atoms with Crippen LogP contribution in [0.5, 0.6) is 5.75 Å². The van der Waals surface area contributed by atoms with Crippen molar-refractivity contribution in [2.45, 2.75) is 13.5 Å². The van der Waals surface area contributed by atoms with Crippen LogP contribution in [0.15, 0.2) is 30.5 Å². The second-order valence-electron chi connectivity index (χ2n) is 3.41. The molecule has 78 valence electrons. The zero-order valence-corrected chi connectivity index (χ0v) is 8.53. The molecule has 0 bridgehead atoms. The number of aromatic amines is 1. The molecule has 0 aliphatic heterocycles. The van der Waals surface area contributed by atoms with Gasteiger partial charge in [0.15, 0.2) is 0 Å². The van der Waals surface area contributed by atoms with E-state index in [1.54, 1.807) is 6.20 Å². The van der Waals surface area contributed by atoms with Crippen LogP contribution in [0.1, 0.15) is 11.1 Å². The molecule has 0 amide bonds. The molecule has 1 aromatic carbocycles. The average Bonchev–Trinajstić information content (AvgIpc) is 2.61. The van der Waals surface area contributed by atoms with Gasteiger partial charge in [-0.05, 0) is 24.6 Å². The third kappa shape index (κ3) is 2.28. The number of H-pyrrole nitrogens is 1. The van der Waals surface area contributed by atoms with E-state index in [1.165, 1.54) is 5.56 Å². The second-order valence-corrected chi connectivity index (χ2v) is 3.41. The largest absolute Gasteiger partial charge is 0.489 e. The SMILES string of the molecule is Cc1cccc(OCc2cn[nH]c2N)c1. The highest BCUT2D eigenvalue weighted by Crippen LogP contribution is 2.15. The summed E-state index contributed by atoms with van der Waals surface area (Å²) in [4.78, 5) is 0. The van der Waals surface area contributed by atoms with E-state index in [4.69, 9.17) is 10.5 Å². The molecule has 1 aromatic heterocycles. The minimum atomic E-state index is 0.436. The number of benzene rings is 1. The Balaban J connectivity index is 2.02. The Hall–Kier alpha value is -1.97. The zero-order valence-electron chi connectivity index (χ0n) is 8.53. The first kappa shape index (κ1) is 9.58. The maximum absolute atomic E-state index is 5.64. The van der Waals surface area contributed by atoms with E-state index < -0.39 is 0 Å². The van der Waals surface area contributed by atoms with Crippen molar-refractivity contribution >= 4 is 5.82 Å². The van der Waals surface area contributed by atoms with Gasteiger partial charge < -0.3 is 10.5 Å². The monoisotopic (exact) mass is 203 g/mol. The average molecular weight is 203 g/mol. The van der Waals surface area contributed by atoms with Crippen LogP contribution in [-0.4, -0.2) is 10.2 Å². The molecule has 1 heterocycles. The van der Waals surface area contributed by atoms with Crippen LogP contribution >= 0.6 is 0 Å². The molecule has 3 N–H and O–H groups in total. The second kappa shape index (κ2) is 4.04. The Morgan fingerprint density at radius 3 is 3.00 bits per heavy atom. The van der Waals surface area contributed by atoms with Crippen LogP contribution in [0.2, 0.25) is 0 Å². The first-order chi connectivity index (χ1) is 7.25. The molecule has 2 rings (SSSR count). The number of nitrogen functional groups attached to an aromatic ring is 1. The smallest absolute Gasteiger partial charge is 0.125 e. The van der Waals surface area contributed by atoms with Crippen molar-refractivity contribution in [3.8, 4) is 5.75 Å². The number of aryl methyl sites for hydroxylation is 1. The Morgan fingerprint density at radius 1 is 1.47 bits per heavy atom. The summed E-state index contributed by atoms with van der Waals surface area (Å²) in [6.45, 7) is 2.46. The molecule has 0 radical (unpaired) electrons. The van der Waals surface area contributed by atoms with Gasteiger partial charge in [-0.3, -0.25) is 5.10 Å². The van der Waals surface area contributed by atoms with Gasteiger partial charge in [-0.25, -0.2) is 0 Å². The number of anilines is 1. The third-order valence-corrected chi connectivity index (χ3v) is 2.14. The van der Waals surface area contributed by atoms with E-state index in [-0.39, 0.29) is 0 Å². The molecule has 0 aliphatic carbocycles. The molecule has 2 aromatic rings. The van der Waals surface area contributed by atoms with Crippen molar-refractivity contribution in [3.63, 3.8) is 0 Å². The number of ether oxygens (including phenoxy) is 1. The molecule has 4 heteroatoms. The van der Waals surface area contributed by atoms with Gasteiger partial charge in [-0.1, -0.05) is 12.1 Å². The Labute approximate surface area is 88.1 Å². The van der Waals surface area contributed by atoms with Crippen molar-refractivity contribution in [1.82, 2.24) is 10.2 Å². The van der Waals surface area contributed by atoms with Gasteiger partial charge in [0.25, 0.3) is 0 Å². The number of nitrogens with two attached hydrogens (primary N) is 1. The van der Waals surface area contributed by atoms with Crippen molar-refractivity contribution in [3.05, 3.63) is 41.6 Å². The van der Waals surface area contributed by atoms with Crippen LogP contribution in [0.4, 0.5) is 5.82 Å². The summed E-state index contributed by atoms with van der Waals surface area (Å²) in [7, 11) is 0. The summed E-state index contributed by atoms with van der Waals surface area (Å²) >= 11 is 0. The molecule has 4 nitrogen and oxygen atoms in total. The summed E-state index contributed by atoms with van der Waals surface area (Å²) in [5.41, 5.74) is 7.68. The highest BCUT2D eigenvalue weighted by atomic mass is 16.5. The lowest BCUT2D eigenvalue weighted by atomic mass is 10.2. The van der Waals surface area contributed by atoms with Crippen molar-refractivity contribution in [1.29, 1.82) is 0 Å². The summed E-state index contributed by atoms with van der Waals surface area (Å²) in [6, 6.07) is 7.89. The summed E-state index contributed by atoms with van der Waals surface area (Å²) in [6.07, 6.45) is 1.67. The molecular weight excluding hydrogens is 190 g/mol. The van der Waals surface area contributed by atoms with Crippen molar-refractivity contribution in [2.24, 2.45) is 0 Å². The van der Waals surface area contributed by atoms with Crippen LogP contribution in [-0.2, 0) is 6.61 Å². The van der Waals surface area contributed by atoms with Crippen molar-refractivity contribution in [2.75, 3.05) is 5.73 Å². The molecule has 0 aliphatic rings. The van der Waals surface area contributed by atoms with E-state index >= 15 is 0 Å². The quantitative estimate of drug-likeness (QED) is 0.800. The lowest BCUT2D eigenvalue weighted by Gasteiger charge is -2.05. The number of nitrogens with one attached hydrogen (secondary N) is 1. The lowest BCUT2D eigenvalue weighted by Crippen LogP contribution is -1.98. The molecule has 0 saturated heterocycles. The number of nitrogens with zero attached hydrogens (tertiary/aromatic N) is 1. The molecule has 15 heavy (non-hydrogen) atoms. The fourth-order valence-electron chi connectivity index (χ4n) is 1.30. The number of hydrogen-bond donors (Lipinski definition) is 2. The number of hydrogen-bond acceptors (Lipinski definition) is 3. The molecule has 0 fully saturated rings. The number of aromatic nitrogens is 2. The Bertz CT molecular complexity index is 451. The topological polar surface area (TPSA) is 63.9 Å². The van der Waals surface area contributed by atoms with Crippen molar-refractivity contribution < 1.29 is 4.74 Å². The van der Waals surface area contributed by atoms with Gasteiger partial charge in [0.05, 0.1) is 11.8 Å². The highest BCUT2D eigenvalue weighted by molar-refractivity contribution is 5.36. The standard InChI is InChI=1S/C11H13N3O/c1-8-3-2-4-10(5-8)15-7-9-6-13-14-11(9)12/h2-6H,7H2,1H3,(H3,12,13,14). The zero-order chi connectivity index (χ0) is 10.7. The normalized spacial score (nSPS) is 10.2. The molecule has 0 atom stereocenters. The lowest BCUT2D eigenvalue weighted by molar-refractivity contribution is 0.307. The van der Waals surface area contributed by atoms with Gasteiger partial charge in [-0.15, -0.1) is 0 Å². The summed E-state index contributed by atoms with van der Waals surface area (Å²) in [5.74, 6) is 1.40. The Kier molecular flexibility index (Phi) is 2.58. The van der Waals surface area contributed by atoms with Crippen LogP contribution in [0.3, 0.4) is 0 Å². The Morgan fingerprint density at radius 2 is 2.33 bits per heavy atom. The predicted molar refractivity (Wildman–Crippen MR) is 58.5 cm³/mol. The molecular formula is C11H13N3O. The van der Waals surface area contributed by atoms with Gasteiger partial charge in [-0.2, -0.15) is 5.10 Å². The molecule has 0 spiro atoms. The van der Waals surface area contributed by atoms with Crippen LogP contribution in [0, 0.1) is 6.92 Å². The highest BCUT2D eigenvalue weighted by Gasteiger charge is 2.01. The predicted octanol–water partition coefficient (Wildman–Crippen LogP) is 1.88. The molecule has 0 unspecified atom stereocenters. The van der Waals surface area contributed by atoms with E-state index in [1.807, 2.05) is 31.2 Å². The summed E-state index contributed by atoms with van der Waals surface area (Å²) < 4.78 is 5.57. The first-order valence-corrected chi connectivity index (χ1v) is 4.73. The van der Waals surface area contributed by atoms with Gasteiger partial charge in [0.1, 0.15) is 18.2 Å². The first-order valence-electron chi connectivity index (χ1n) is 4.73. The summed E-state index contributed by atoms with van der Waals surface area (Å²) in [5, 5.41) is 6.49. The van der Waals surface area contributed by atoms with E-state index in [9.17, 15) is 0 Å². The maximum Gasteiger partial charge on any atom is 0.125 e. The van der Waals surface area contributed by atoms with E-state index in [0.29, 0.717) is 12.4 Å². The molecule has 0 saturated carbocycles. The van der Waals surface area contributed by atoms with Crippen LogP contribution in [0.25, 0.3) is 0 Å². The van der Waals surface area contributed by atoms with Crippen LogP contribution < -0.4 is 10.5 Å². The fourth-order valence-corrected chi connectivity index (χ4v) is 1.30. The minimum Gasteiger partial charge on any atom is -0.489 e. The van der Waals surface area contributed by atoms with E-state index in [2.05, 4.69) is 10.2 Å². The third-order valence-electron chi connectivity index (χ3n) is 2.14. The van der Waals surface area contributed by atoms with Gasteiger partial charge in [0, 0.05) is 0 Å². The van der Waals surface area contributed by atoms with Gasteiger partial charge in [0.2, 0.25) is 0 Å². The maximum atomic E-state index is 5.64.